The summed E-state index contributed by atoms with van der Waals surface area (Å²) in [6.07, 6.45) is 1.07. The quantitative estimate of drug-likeness (QED) is 0.663. The van der Waals surface area contributed by atoms with Crippen molar-refractivity contribution >= 4 is 39.5 Å². The van der Waals surface area contributed by atoms with E-state index in [1.807, 2.05) is 29.5 Å². The molecule has 3 heterocycles. The molecule has 1 unspecified atom stereocenters. The molecule has 0 saturated carbocycles. The van der Waals surface area contributed by atoms with Gasteiger partial charge in [0.05, 0.1) is 6.04 Å². The highest BCUT2D eigenvalue weighted by Crippen LogP contribution is 2.38. The van der Waals surface area contributed by atoms with Gasteiger partial charge < -0.3 is 4.90 Å². The number of nitrogens with zero attached hydrogens (tertiary/aromatic N) is 3. The Morgan fingerprint density at radius 2 is 2.00 bits per heavy atom. The van der Waals surface area contributed by atoms with Crippen molar-refractivity contribution < 1.29 is 0 Å². The van der Waals surface area contributed by atoms with Crippen LogP contribution in [0.1, 0.15) is 23.4 Å². The van der Waals surface area contributed by atoms with E-state index in [0.29, 0.717) is 11.2 Å². The van der Waals surface area contributed by atoms with Crippen LogP contribution in [0, 0.1) is 0 Å². The third-order valence-corrected chi connectivity index (χ3v) is 5.45. The number of anilines is 1. The molecule has 0 spiro atoms. The molecule has 3 aromatic rings. The minimum absolute atomic E-state index is 0.318. The van der Waals surface area contributed by atoms with Gasteiger partial charge in [0, 0.05) is 22.2 Å². The Morgan fingerprint density at radius 3 is 2.86 bits per heavy atom. The van der Waals surface area contributed by atoms with Gasteiger partial charge in [-0.2, -0.15) is 0 Å². The fourth-order valence-corrected chi connectivity index (χ4v) is 4.23. The maximum absolute atomic E-state index is 6.18. The third-order valence-electron chi connectivity index (χ3n) is 4.17. The topological polar surface area (TPSA) is 29.0 Å². The van der Waals surface area contributed by atoms with Crippen LogP contribution in [0.3, 0.4) is 0 Å². The van der Waals surface area contributed by atoms with E-state index >= 15 is 0 Å². The summed E-state index contributed by atoms with van der Waals surface area (Å²) in [5.74, 6) is 0.930. The van der Waals surface area contributed by atoms with Gasteiger partial charge in [-0.3, -0.25) is 0 Å². The highest BCUT2D eigenvalue weighted by atomic mass is 35.5. The summed E-state index contributed by atoms with van der Waals surface area (Å²) in [6.45, 7) is 3.20. The van der Waals surface area contributed by atoms with Gasteiger partial charge in [0.25, 0.3) is 0 Å². The lowest BCUT2D eigenvalue weighted by Crippen LogP contribution is -2.34. The van der Waals surface area contributed by atoms with Crippen molar-refractivity contribution in [1.29, 1.82) is 0 Å². The Bertz CT molecular complexity index is 814. The molecular weight excluding hydrogens is 302 g/mol. The van der Waals surface area contributed by atoms with E-state index in [0.717, 1.165) is 29.6 Å². The molecule has 1 atom stereocenters. The molecule has 0 amide bonds. The maximum atomic E-state index is 6.18. The Hall–Kier alpha value is -1.65. The second-order valence-corrected chi connectivity index (χ2v) is 6.64. The largest absolute Gasteiger partial charge is 0.347 e. The third kappa shape index (κ3) is 2.01. The molecule has 4 rings (SSSR count). The number of aromatic nitrogens is 2. The van der Waals surface area contributed by atoms with Crippen molar-refractivity contribution in [1.82, 2.24) is 10.2 Å². The molecule has 0 saturated heterocycles. The fraction of sp³-hybridized carbons (Fsp3) is 0.250. The molecule has 0 N–H and O–H groups in total. The highest BCUT2D eigenvalue weighted by molar-refractivity contribution is 7.10. The van der Waals surface area contributed by atoms with Crippen molar-refractivity contribution in [2.45, 2.75) is 19.4 Å². The number of thiophene rings is 1. The zero-order valence-corrected chi connectivity index (χ0v) is 13.2. The minimum atomic E-state index is 0.318. The lowest BCUT2D eigenvalue weighted by Gasteiger charge is -2.34. The van der Waals surface area contributed by atoms with Crippen LogP contribution >= 0.6 is 22.9 Å². The second kappa shape index (κ2) is 4.97. The molecule has 1 aliphatic rings. The van der Waals surface area contributed by atoms with Crippen LogP contribution < -0.4 is 4.90 Å². The molecular formula is C16H14ClN3S. The van der Waals surface area contributed by atoms with Crippen molar-refractivity contribution in [3.05, 3.63) is 51.3 Å². The first-order chi connectivity index (χ1) is 10.3. The van der Waals surface area contributed by atoms with Gasteiger partial charge in [0.15, 0.2) is 11.0 Å². The average Bonchev–Trinajstić information content (AvgIpc) is 2.99. The molecule has 1 aromatic carbocycles. The van der Waals surface area contributed by atoms with E-state index in [1.54, 1.807) is 0 Å². The molecule has 1 aliphatic heterocycles. The molecule has 3 nitrogen and oxygen atoms in total. The highest BCUT2D eigenvalue weighted by Gasteiger charge is 2.27. The first kappa shape index (κ1) is 13.0. The molecule has 5 heteroatoms. The van der Waals surface area contributed by atoms with Crippen molar-refractivity contribution in [2.24, 2.45) is 0 Å². The zero-order valence-electron chi connectivity index (χ0n) is 11.6. The summed E-state index contributed by atoms with van der Waals surface area (Å²) in [6, 6.07) is 10.6. The van der Waals surface area contributed by atoms with Gasteiger partial charge in [0.2, 0.25) is 0 Å². The Labute approximate surface area is 132 Å². The number of benzene rings is 1. The fourth-order valence-electron chi connectivity index (χ4n) is 3.07. The predicted octanol–water partition coefficient (Wildman–Crippen LogP) is 4.47. The number of hydrogen-bond donors (Lipinski definition) is 0. The Balaban J connectivity index is 1.87. The monoisotopic (exact) mass is 315 g/mol. The SMILES string of the molecule is CC1c2ccsc2CCN1c1nnc(Cl)c2ccccc12. The van der Waals surface area contributed by atoms with Crippen LogP contribution in [0.5, 0.6) is 0 Å². The number of fused-ring (bicyclic) bond motifs is 2. The molecule has 0 aliphatic carbocycles. The summed E-state index contributed by atoms with van der Waals surface area (Å²) in [4.78, 5) is 3.82. The zero-order chi connectivity index (χ0) is 14.4. The Morgan fingerprint density at radius 1 is 1.19 bits per heavy atom. The number of hydrogen-bond acceptors (Lipinski definition) is 4. The predicted molar refractivity (Wildman–Crippen MR) is 88.3 cm³/mol. The lowest BCUT2D eigenvalue weighted by atomic mass is 10.0. The van der Waals surface area contributed by atoms with Crippen LogP contribution in [-0.4, -0.2) is 16.7 Å². The van der Waals surface area contributed by atoms with Crippen LogP contribution in [-0.2, 0) is 6.42 Å². The first-order valence-corrected chi connectivity index (χ1v) is 8.25. The molecule has 21 heavy (non-hydrogen) atoms. The van der Waals surface area contributed by atoms with Gasteiger partial charge >= 0.3 is 0 Å². The van der Waals surface area contributed by atoms with E-state index < -0.39 is 0 Å². The molecule has 0 bridgehead atoms. The Kier molecular flexibility index (Phi) is 3.08. The van der Waals surface area contributed by atoms with Gasteiger partial charge in [-0.15, -0.1) is 21.5 Å². The summed E-state index contributed by atoms with van der Waals surface area (Å²) >= 11 is 8.03. The summed E-state index contributed by atoms with van der Waals surface area (Å²) in [7, 11) is 0. The standard InChI is InChI=1S/C16H14ClN3S/c1-10-11-7-9-21-14(11)6-8-20(10)16-13-5-3-2-4-12(13)15(17)18-19-16/h2-5,7,9-10H,6,8H2,1H3. The van der Waals surface area contributed by atoms with E-state index in [-0.39, 0.29) is 0 Å². The van der Waals surface area contributed by atoms with Gasteiger partial charge in [-0.25, -0.2) is 0 Å². The van der Waals surface area contributed by atoms with Crippen molar-refractivity contribution in [3.8, 4) is 0 Å². The number of rotatable bonds is 1. The second-order valence-electron chi connectivity index (χ2n) is 5.28. The first-order valence-electron chi connectivity index (χ1n) is 6.99. The van der Waals surface area contributed by atoms with Crippen LogP contribution in [0.4, 0.5) is 5.82 Å². The molecule has 2 aromatic heterocycles. The maximum Gasteiger partial charge on any atom is 0.159 e. The van der Waals surface area contributed by atoms with Gasteiger partial charge in [-0.05, 0) is 30.4 Å². The summed E-state index contributed by atoms with van der Waals surface area (Å²) in [5.41, 5.74) is 1.41. The van der Waals surface area contributed by atoms with Crippen molar-refractivity contribution in [2.75, 3.05) is 11.4 Å². The van der Waals surface area contributed by atoms with Crippen LogP contribution in [0.2, 0.25) is 5.15 Å². The minimum Gasteiger partial charge on any atom is -0.347 e. The van der Waals surface area contributed by atoms with E-state index in [2.05, 4.69) is 39.5 Å². The van der Waals surface area contributed by atoms with E-state index in [4.69, 9.17) is 11.6 Å². The van der Waals surface area contributed by atoms with Crippen molar-refractivity contribution in [3.63, 3.8) is 0 Å². The summed E-state index contributed by atoms with van der Waals surface area (Å²) in [5, 5.41) is 13.2. The summed E-state index contributed by atoms with van der Waals surface area (Å²) < 4.78 is 0. The molecule has 106 valence electrons. The van der Waals surface area contributed by atoms with Gasteiger partial charge in [0.1, 0.15) is 0 Å². The van der Waals surface area contributed by atoms with E-state index in [9.17, 15) is 0 Å². The lowest BCUT2D eigenvalue weighted by molar-refractivity contribution is 0.623. The van der Waals surface area contributed by atoms with E-state index in [1.165, 1.54) is 10.4 Å². The smallest absolute Gasteiger partial charge is 0.159 e. The normalized spacial score (nSPS) is 18.0. The molecule has 0 radical (unpaired) electrons. The van der Waals surface area contributed by atoms with Gasteiger partial charge in [-0.1, -0.05) is 35.9 Å². The molecule has 0 fully saturated rings. The van der Waals surface area contributed by atoms with Crippen LogP contribution in [0.25, 0.3) is 10.8 Å². The van der Waals surface area contributed by atoms with Crippen LogP contribution in [0.15, 0.2) is 35.7 Å². The number of halogens is 1. The average molecular weight is 316 g/mol.